The molecule has 1 amide bonds. The van der Waals surface area contributed by atoms with Gasteiger partial charge in [-0.3, -0.25) is 4.79 Å². The summed E-state index contributed by atoms with van der Waals surface area (Å²) in [6.45, 7) is 0. The van der Waals surface area contributed by atoms with Crippen LogP contribution in [0.3, 0.4) is 0 Å². The zero-order valence-electron chi connectivity index (χ0n) is 13.1. The maximum absolute atomic E-state index is 14.1. The molecule has 2 saturated carbocycles. The fourth-order valence-corrected chi connectivity index (χ4v) is 4.76. The Bertz CT molecular complexity index is 761. The molecule has 6 heteroatoms. The number of rotatable bonds is 4. The number of nitrogens with zero attached hydrogens (tertiary/aromatic N) is 1. The van der Waals surface area contributed by atoms with Crippen molar-refractivity contribution in [1.29, 1.82) is 0 Å². The van der Waals surface area contributed by atoms with Gasteiger partial charge in [0.1, 0.15) is 5.69 Å². The number of carbonyl (C=O) groups excluding carboxylic acids is 1. The normalized spacial score (nSPS) is 27.3. The average Bonchev–Trinajstić information content (AvgIpc) is 2.88. The Hall–Kier alpha value is -1.82. The molecule has 0 bridgehead atoms. The van der Waals surface area contributed by atoms with E-state index in [0.717, 1.165) is 18.4 Å². The zero-order chi connectivity index (χ0) is 16.8. The molecule has 3 nitrogen and oxygen atoms in total. The number of amides is 1. The van der Waals surface area contributed by atoms with Crippen LogP contribution in [0.5, 0.6) is 0 Å². The van der Waals surface area contributed by atoms with Gasteiger partial charge in [0.05, 0.1) is 11.1 Å². The largest absolute Gasteiger partial charge is 0.323 e. The highest BCUT2D eigenvalue weighted by atomic mass is 32.1. The summed E-state index contributed by atoms with van der Waals surface area (Å²) >= 11 is 1.25. The average molecular weight is 348 g/mol. The third kappa shape index (κ3) is 2.35. The van der Waals surface area contributed by atoms with Crippen LogP contribution in [0.25, 0.3) is 11.3 Å². The summed E-state index contributed by atoms with van der Waals surface area (Å²) < 4.78 is 32.6. The molecular weight excluding hydrogens is 330 g/mol. The lowest BCUT2D eigenvalue weighted by Gasteiger charge is -2.19. The van der Waals surface area contributed by atoms with Crippen molar-refractivity contribution in [2.45, 2.75) is 38.0 Å². The van der Waals surface area contributed by atoms with Gasteiger partial charge in [0, 0.05) is 23.3 Å². The molecule has 24 heavy (non-hydrogen) atoms. The molecule has 4 rings (SSSR count). The first-order valence-corrected chi connectivity index (χ1v) is 9.06. The van der Waals surface area contributed by atoms with Crippen molar-refractivity contribution in [2.24, 2.45) is 11.3 Å². The van der Waals surface area contributed by atoms with E-state index in [0.29, 0.717) is 24.2 Å². The van der Waals surface area contributed by atoms with E-state index in [2.05, 4.69) is 9.69 Å². The lowest BCUT2D eigenvalue weighted by molar-refractivity contribution is -0.118. The van der Waals surface area contributed by atoms with E-state index in [4.69, 9.17) is 0 Å². The third-order valence-electron chi connectivity index (χ3n) is 5.42. The second-order valence-corrected chi connectivity index (χ2v) is 7.37. The quantitative estimate of drug-likeness (QED) is 0.848. The second-order valence-electron chi connectivity index (χ2n) is 6.75. The first kappa shape index (κ1) is 15.7. The molecule has 0 radical (unpaired) electrons. The highest BCUT2D eigenvalue weighted by Gasteiger charge is 2.80. The van der Waals surface area contributed by atoms with Crippen LogP contribution in [-0.4, -0.2) is 16.2 Å². The molecule has 0 saturated heterocycles. The minimum Gasteiger partial charge on any atom is -0.323 e. The number of fused-ring (bicyclic) bond motifs is 1. The van der Waals surface area contributed by atoms with Gasteiger partial charge in [0.2, 0.25) is 5.91 Å². The standard InChI is InChI=1S/C18H18F2N2OS/c19-18(20)14-8-4-5-9-17(14,18)10-15(23)21-13-11-24-22-16(13)12-6-2-1-3-7-12/h1-3,6-7,11,14H,4-5,8-10H2,(H,21,23). The van der Waals surface area contributed by atoms with Crippen molar-refractivity contribution in [3.63, 3.8) is 0 Å². The minimum atomic E-state index is -2.68. The van der Waals surface area contributed by atoms with Gasteiger partial charge >= 0.3 is 0 Å². The maximum atomic E-state index is 14.1. The molecule has 2 atom stereocenters. The van der Waals surface area contributed by atoms with Crippen molar-refractivity contribution in [2.75, 3.05) is 5.32 Å². The van der Waals surface area contributed by atoms with Gasteiger partial charge in [-0.25, -0.2) is 8.78 Å². The van der Waals surface area contributed by atoms with Crippen LogP contribution < -0.4 is 5.32 Å². The van der Waals surface area contributed by atoms with Crippen LogP contribution in [-0.2, 0) is 4.79 Å². The first-order chi connectivity index (χ1) is 11.5. The molecule has 2 aliphatic carbocycles. The highest BCUT2D eigenvalue weighted by Crippen LogP contribution is 2.73. The molecule has 0 aliphatic heterocycles. The summed E-state index contributed by atoms with van der Waals surface area (Å²) in [5.74, 6) is -3.63. The summed E-state index contributed by atoms with van der Waals surface area (Å²) in [6.07, 6.45) is 2.51. The molecule has 1 aromatic heterocycles. The van der Waals surface area contributed by atoms with Crippen molar-refractivity contribution in [1.82, 2.24) is 4.37 Å². The lowest BCUT2D eigenvalue weighted by atomic mass is 9.85. The van der Waals surface area contributed by atoms with Crippen LogP contribution in [0.1, 0.15) is 32.1 Å². The minimum absolute atomic E-state index is 0.102. The number of hydrogen-bond donors (Lipinski definition) is 1. The number of carbonyl (C=O) groups is 1. The number of halogens is 2. The summed E-state index contributed by atoms with van der Waals surface area (Å²) in [4.78, 5) is 12.4. The summed E-state index contributed by atoms with van der Waals surface area (Å²) in [6, 6.07) is 9.53. The van der Waals surface area contributed by atoms with E-state index in [1.807, 2.05) is 30.3 Å². The van der Waals surface area contributed by atoms with Gasteiger partial charge in [-0.15, -0.1) is 0 Å². The Labute approximate surface area is 143 Å². The van der Waals surface area contributed by atoms with E-state index >= 15 is 0 Å². The van der Waals surface area contributed by atoms with Crippen molar-refractivity contribution in [3.05, 3.63) is 35.7 Å². The van der Waals surface area contributed by atoms with E-state index in [1.54, 1.807) is 5.38 Å². The number of hydrogen-bond acceptors (Lipinski definition) is 3. The molecule has 2 aromatic rings. The van der Waals surface area contributed by atoms with Gasteiger partial charge < -0.3 is 5.32 Å². The topological polar surface area (TPSA) is 42.0 Å². The Morgan fingerprint density at radius 1 is 1.29 bits per heavy atom. The molecule has 2 aliphatic rings. The van der Waals surface area contributed by atoms with Crippen LogP contribution in [0.4, 0.5) is 14.5 Å². The first-order valence-electron chi connectivity index (χ1n) is 8.22. The van der Waals surface area contributed by atoms with Crippen molar-refractivity contribution in [3.8, 4) is 11.3 Å². The molecular formula is C18H18F2N2OS. The van der Waals surface area contributed by atoms with Crippen LogP contribution >= 0.6 is 11.5 Å². The molecule has 2 unspecified atom stereocenters. The van der Waals surface area contributed by atoms with Crippen LogP contribution in [0, 0.1) is 11.3 Å². The van der Waals surface area contributed by atoms with Crippen molar-refractivity contribution < 1.29 is 13.6 Å². The molecule has 0 spiro atoms. The predicted octanol–water partition coefficient (Wildman–Crippen LogP) is 4.96. The SMILES string of the molecule is O=C(CC12CCCCC1C2(F)F)Nc1csnc1-c1ccccc1. The number of nitrogens with one attached hydrogen (secondary N) is 1. The fourth-order valence-electron chi connectivity index (χ4n) is 4.12. The lowest BCUT2D eigenvalue weighted by Crippen LogP contribution is -2.23. The summed E-state index contributed by atoms with van der Waals surface area (Å²) in [7, 11) is 0. The molecule has 1 N–H and O–H groups in total. The predicted molar refractivity (Wildman–Crippen MR) is 90.1 cm³/mol. The maximum Gasteiger partial charge on any atom is 0.258 e. The van der Waals surface area contributed by atoms with Gasteiger partial charge in [-0.05, 0) is 24.4 Å². The van der Waals surface area contributed by atoms with Gasteiger partial charge in [0.25, 0.3) is 5.92 Å². The van der Waals surface area contributed by atoms with Crippen LogP contribution in [0.15, 0.2) is 35.7 Å². The molecule has 1 aromatic carbocycles. The number of aromatic nitrogens is 1. The van der Waals surface area contributed by atoms with E-state index < -0.39 is 17.3 Å². The van der Waals surface area contributed by atoms with E-state index in [1.165, 1.54) is 11.5 Å². The zero-order valence-corrected chi connectivity index (χ0v) is 13.9. The Balaban J connectivity index is 1.49. The fraction of sp³-hybridized carbons (Fsp3) is 0.444. The van der Waals surface area contributed by atoms with Crippen molar-refractivity contribution >= 4 is 23.1 Å². The smallest absolute Gasteiger partial charge is 0.258 e. The molecule has 126 valence electrons. The monoisotopic (exact) mass is 348 g/mol. The van der Waals surface area contributed by atoms with Gasteiger partial charge in [-0.1, -0.05) is 43.2 Å². The number of alkyl halides is 2. The second kappa shape index (κ2) is 5.62. The molecule has 1 heterocycles. The van der Waals surface area contributed by atoms with Gasteiger partial charge in [-0.2, -0.15) is 4.37 Å². The van der Waals surface area contributed by atoms with Gasteiger partial charge in [0.15, 0.2) is 0 Å². The Morgan fingerprint density at radius 2 is 2.08 bits per heavy atom. The number of benzene rings is 1. The Kier molecular flexibility index (Phi) is 3.67. The molecule has 2 fully saturated rings. The Morgan fingerprint density at radius 3 is 2.83 bits per heavy atom. The highest BCUT2D eigenvalue weighted by molar-refractivity contribution is 7.04. The van der Waals surface area contributed by atoms with Crippen LogP contribution in [0.2, 0.25) is 0 Å². The van der Waals surface area contributed by atoms with E-state index in [9.17, 15) is 13.6 Å². The third-order valence-corrected chi connectivity index (χ3v) is 6.05. The number of anilines is 1. The summed E-state index contributed by atoms with van der Waals surface area (Å²) in [5.41, 5.74) is 1.09. The van der Waals surface area contributed by atoms with E-state index in [-0.39, 0.29) is 12.3 Å². The summed E-state index contributed by atoms with van der Waals surface area (Å²) in [5, 5.41) is 4.55.